The lowest BCUT2D eigenvalue weighted by Gasteiger charge is -2.35. The summed E-state index contributed by atoms with van der Waals surface area (Å²) >= 11 is 0. The molecular formula is C20H35F3N4. The molecule has 4 nitrogen and oxygen atoms in total. The molecule has 156 valence electrons. The molecule has 0 aliphatic carbocycles. The van der Waals surface area contributed by atoms with Gasteiger partial charge < -0.3 is 0 Å². The molecule has 1 atom stereocenters. The summed E-state index contributed by atoms with van der Waals surface area (Å²) in [6.07, 6.45) is -1.89. The topological polar surface area (TPSA) is 24.3 Å². The van der Waals surface area contributed by atoms with Crippen molar-refractivity contribution in [2.75, 3.05) is 32.7 Å². The second kappa shape index (κ2) is 8.52. The lowest BCUT2D eigenvalue weighted by Crippen LogP contribution is -2.48. The van der Waals surface area contributed by atoms with Gasteiger partial charge in [0.25, 0.3) is 0 Å². The van der Waals surface area contributed by atoms with Crippen LogP contribution in [0.2, 0.25) is 0 Å². The van der Waals surface area contributed by atoms with Crippen molar-refractivity contribution in [3.05, 3.63) is 17.0 Å². The van der Waals surface area contributed by atoms with Gasteiger partial charge in [0.15, 0.2) is 0 Å². The molecule has 2 heterocycles. The highest BCUT2D eigenvalue weighted by Crippen LogP contribution is 2.35. The van der Waals surface area contributed by atoms with Gasteiger partial charge in [0, 0.05) is 56.4 Å². The normalized spacial score (nSPS) is 18.9. The first-order valence-electron chi connectivity index (χ1n) is 10.00. The van der Waals surface area contributed by atoms with Gasteiger partial charge in [-0.3, -0.25) is 14.5 Å². The van der Waals surface area contributed by atoms with Crippen molar-refractivity contribution in [1.82, 2.24) is 19.6 Å². The van der Waals surface area contributed by atoms with Gasteiger partial charge in [-0.15, -0.1) is 0 Å². The van der Waals surface area contributed by atoms with Crippen molar-refractivity contribution in [2.45, 2.75) is 71.5 Å². The van der Waals surface area contributed by atoms with Crippen molar-refractivity contribution in [1.29, 1.82) is 0 Å². The largest absolute Gasteiger partial charge is 0.401 e. The minimum atomic E-state index is -4.12. The number of halogens is 3. The molecule has 1 saturated heterocycles. The Morgan fingerprint density at radius 1 is 1.04 bits per heavy atom. The highest BCUT2D eigenvalue weighted by Gasteiger charge is 2.33. The molecule has 1 fully saturated rings. The molecule has 1 aromatic heterocycles. The lowest BCUT2D eigenvalue weighted by molar-refractivity contribution is -0.149. The van der Waals surface area contributed by atoms with E-state index in [0.717, 1.165) is 18.5 Å². The SMILES string of the molecule is CCC[C@H](C)c1c(CN2CCN(CC(F)(F)F)CC2)nn(C)c1C(C)(C)C. The Hall–Kier alpha value is -1.08. The molecular weight excluding hydrogens is 353 g/mol. The molecule has 0 saturated carbocycles. The minimum Gasteiger partial charge on any atom is -0.295 e. The highest BCUT2D eigenvalue weighted by molar-refractivity contribution is 5.34. The first-order chi connectivity index (χ1) is 12.4. The van der Waals surface area contributed by atoms with E-state index in [9.17, 15) is 13.2 Å². The summed E-state index contributed by atoms with van der Waals surface area (Å²) in [4.78, 5) is 3.74. The summed E-state index contributed by atoms with van der Waals surface area (Å²) in [5, 5.41) is 4.83. The van der Waals surface area contributed by atoms with Gasteiger partial charge in [-0.05, 0) is 12.3 Å². The number of rotatable bonds is 6. The zero-order valence-corrected chi connectivity index (χ0v) is 17.7. The Labute approximate surface area is 161 Å². The van der Waals surface area contributed by atoms with Crippen LogP contribution >= 0.6 is 0 Å². The van der Waals surface area contributed by atoms with Crippen molar-refractivity contribution in [3.8, 4) is 0 Å². The summed E-state index contributed by atoms with van der Waals surface area (Å²) in [7, 11) is 2.01. The first kappa shape index (κ1) is 22.2. The summed E-state index contributed by atoms with van der Waals surface area (Å²) in [6.45, 7) is 13.2. The van der Waals surface area contributed by atoms with Crippen LogP contribution < -0.4 is 0 Å². The van der Waals surface area contributed by atoms with Crippen molar-refractivity contribution in [3.63, 3.8) is 0 Å². The number of piperazine rings is 1. The van der Waals surface area contributed by atoms with Gasteiger partial charge in [0.2, 0.25) is 0 Å². The Morgan fingerprint density at radius 2 is 1.59 bits per heavy atom. The van der Waals surface area contributed by atoms with Crippen LogP contribution in [-0.2, 0) is 19.0 Å². The Morgan fingerprint density at radius 3 is 2.07 bits per heavy atom. The second-order valence-electron chi connectivity index (χ2n) is 8.94. The Bertz CT molecular complexity index is 608. The van der Waals surface area contributed by atoms with Gasteiger partial charge in [-0.25, -0.2) is 0 Å². The van der Waals surface area contributed by atoms with Gasteiger partial charge in [-0.2, -0.15) is 18.3 Å². The van der Waals surface area contributed by atoms with Crippen LogP contribution in [0.15, 0.2) is 0 Å². The maximum Gasteiger partial charge on any atom is 0.401 e. The zero-order valence-electron chi connectivity index (χ0n) is 17.7. The molecule has 0 aromatic carbocycles. The average molecular weight is 389 g/mol. The standard InChI is InChI=1S/C20H35F3N4/c1-7-8-15(2)17-16(24-25(6)18(17)19(3,4)5)13-26-9-11-27(12-10-26)14-20(21,22)23/h15H,7-14H2,1-6H3/t15-/m0/s1. The predicted octanol–water partition coefficient (Wildman–Crippen LogP) is 4.30. The van der Waals surface area contributed by atoms with E-state index in [0.29, 0.717) is 38.6 Å². The van der Waals surface area contributed by atoms with E-state index in [1.807, 2.05) is 11.7 Å². The number of alkyl halides is 3. The van der Waals surface area contributed by atoms with Crippen LogP contribution in [0.1, 0.15) is 70.3 Å². The summed E-state index contributed by atoms with van der Waals surface area (Å²) < 4.78 is 39.8. The van der Waals surface area contributed by atoms with Crippen LogP contribution in [0, 0.1) is 0 Å². The third-order valence-corrected chi connectivity index (χ3v) is 5.33. The average Bonchev–Trinajstić information content (AvgIpc) is 2.84. The molecule has 2 rings (SSSR count). The van der Waals surface area contributed by atoms with Crippen LogP contribution in [0.25, 0.3) is 0 Å². The van der Waals surface area contributed by atoms with Gasteiger partial charge in [0.05, 0.1) is 12.2 Å². The summed E-state index contributed by atoms with van der Waals surface area (Å²) in [5.41, 5.74) is 3.70. The molecule has 0 amide bonds. The zero-order chi connectivity index (χ0) is 20.4. The Balaban J connectivity index is 2.15. The maximum absolute atomic E-state index is 12.6. The molecule has 1 aromatic rings. The third-order valence-electron chi connectivity index (χ3n) is 5.33. The third kappa shape index (κ3) is 5.95. The fraction of sp³-hybridized carbons (Fsp3) is 0.850. The molecule has 0 N–H and O–H groups in total. The summed E-state index contributed by atoms with van der Waals surface area (Å²) in [6, 6.07) is 0. The van der Waals surface area contributed by atoms with Crippen LogP contribution in [-0.4, -0.2) is 58.5 Å². The molecule has 0 radical (unpaired) electrons. The van der Waals surface area contributed by atoms with E-state index in [1.54, 1.807) is 0 Å². The Kier molecular flexibility index (Phi) is 7.01. The fourth-order valence-electron chi connectivity index (χ4n) is 4.27. The first-order valence-corrected chi connectivity index (χ1v) is 10.00. The van der Waals surface area contributed by atoms with E-state index in [1.165, 1.54) is 16.2 Å². The van der Waals surface area contributed by atoms with Gasteiger partial charge >= 0.3 is 6.18 Å². The van der Waals surface area contributed by atoms with Crippen molar-refractivity contribution in [2.24, 2.45) is 7.05 Å². The number of aryl methyl sites for hydroxylation is 1. The second-order valence-corrected chi connectivity index (χ2v) is 8.94. The van der Waals surface area contributed by atoms with Crippen LogP contribution in [0.5, 0.6) is 0 Å². The quantitative estimate of drug-likeness (QED) is 0.726. The van der Waals surface area contributed by atoms with E-state index in [4.69, 9.17) is 5.10 Å². The van der Waals surface area contributed by atoms with E-state index in [-0.39, 0.29) is 5.41 Å². The number of hydrogen-bond acceptors (Lipinski definition) is 3. The predicted molar refractivity (Wildman–Crippen MR) is 103 cm³/mol. The molecule has 1 aliphatic rings. The van der Waals surface area contributed by atoms with E-state index >= 15 is 0 Å². The highest BCUT2D eigenvalue weighted by atomic mass is 19.4. The fourth-order valence-corrected chi connectivity index (χ4v) is 4.27. The van der Waals surface area contributed by atoms with E-state index < -0.39 is 12.7 Å². The monoisotopic (exact) mass is 388 g/mol. The number of hydrogen-bond donors (Lipinski definition) is 0. The molecule has 27 heavy (non-hydrogen) atoms. The van der Waals surface area contributed by atoms with Crippen molar-refractivity contribution < 1.29 is 13.2 Å². The van der Waals surface area contributed by atoms with Gasteiger partial charge in [-0.1, -0.05) is 41.0 Å². The summed E-state index contributed by atoms with van der Waals surface area (Å²) in [5.74, 6) is 0.430. The minimum absolute atomic E-state index is 0.00272. The maximum atomic E-state index is 12.6. The molecule has 7 heteroatoms. The number of nitrogens with zero attached hydrogens (tertiary/aromatic N) is 4. The molecule has 0 bridgehead atoms. The number of aromatic nitrogens is 2. The smallest absolute Gasteiger partial charge is 0.295 e. The molecule has 0 unspecified atom stereocenters. The van der Waals surface area contributed by atoms with Crippen molar-refractivity contribution >= 4 is 0 Å². The lowest BCUT2D eigenvalue weighted by atomic mass is 9.83. The van der Waals surface area contributed by atoms with Crippen LogP contribution in [0.4, 0.5) is 13.2 Å². The molecule has 0 spiro atoms. The van der Waals surface area contributed by atoms with Crippen LogP contribution in [0.3, 0.4) is 0 Å². The van der Waals surface area contributed by atoms with E-state index in [2.05, 4.69) is 39.5 Å². The van der Waals surface area contributed by atoms with Gasteiger partial charge in [0.1, 0.15) is 0 Å². The molecule has 1 aliphatic heterocycles.